The van der Waals surface area contributed by atoms with Crippen molar-refractivity contribution in [3.05, 3.63) is 79.1 Å². The minimum absolute atomic E-state index is 0.0379. The second-order valence-electron chi connectivity index (χ2n) is 12.2. The van der Waals surface area contributed by atoms with Gasteiger partial charge in [-0.1, -0.05) is 81.1 Å². The van der Waals surface area contributed by atoms with Crippen LogP contribution in [-0.4, -0.2) is 22.5 Å². The zero-order chi connectivity index (χ0) is 32.7. The molecule has 3 aliphatic rings. The number of allylic oxidation sites excluding steroid dienone is 5. The van der Waals surface area contributed by atoms with Crippen LogP contribution in [0.5, 0.6) is 0 Å². The van der Waals surface area contributed by atoms with Crippen LogP contribution in [0.25, 0.3) is 12.2 Å². The van der Waals surface area contributed by atoms with Crippen molar-refractivity contribution in [2.45, 2.75) is 132 Å². The van der Waals surface area contributed by atoms with Crippen molar-refractivity contribution >= 4 is 29.7 Å². The van der Waals surface area contributed by atoms with Crippen LogP contribution >= 0.6 is 0 Å². The molecule has 2 amide bonds. The molecule has 0 fully saturated rings. The molecule has 3 aliphatic heterocycles. The summed E-state index contributed by atoms with van der Waals surface area (Å²) in [4.78, 5) is 34.6. The molecule has 3 N–H and O–H groups in total. The van der Waals surface area contributed by atoms with Crippen molar-refractivity contribution in [1.29, 1.82) is 0 Å². The first-order valence-electron chi connectivity index (χ1n) is 17.6. The first-order valence-corrected chi connectivity index (χ1v) is 17.6. The first-order chi connectivity index (χ1) is 21.8. The summed E-state index contributed by atoms with van der Waals surface area (Å²) in [6, 6.07) is 0. The SMILES string of the molecule is CCCC1=C(CC)C(/C=C2\NC(=O)C(CCC)=C2CC)=NC1=Cc1[nH]c(/C=C2\NC(=O)C(CC)=C2CCC)c(CC)c1CCC. The summed E-state index contributed by atoms with van der Waals surface area (Å²) in [5, 5.41) is 6.32. The van der Waals surface area contributed by atoms with Gasteiger partial charge in [-0.05, 0) is 103 Å². The number of hydrogen-bond acceptors (Lipinski definition) is 3. The zero-order valence-corrected chi connectivity index (χ0v) is 29.0. The Hall–Kier alpha value is -3.67. The van der Waals surface area contributed by atoms with Crippen molar-refractivity contribution in [3.8, 4) is 0 Å². The number of rotatable bonds is 15. The van der Waals surface area contributed by atoms with Gasteiger partial charge in [-0.25, -0.2) is 4.99 Å². The summed E-state index contributed by atoms with van der Waals surface area (Å²) < 4.78 is 0. The van der Waals surface area contributed by atoms with Crippen LogP contribution in [0.2, 0.25) is 0 Å². The highest BCUT2D eigenvalue weighted by Crippen LogP contribution is 2.37. The van der Waals surface area contributed by atoms with Crippen molar-refractivity contribution in [2.24, 2.45) is 4.99 Å². The molecule has 0 saturated carbocycles. The zero-order valence-electron chi connectivity index (χ0n) is 29.0. The molecule has 4 rings (SSSR count). The number of nitrogens with one attached hydrogen (secondary N) is 3. The van der Waals surface area contributed by atoms with E-state index in [1.807, 2.05) is 0 Å². The Bertz CT molecular complexity index is 1550. The lowest BCUT2D eigenvalue weighted by atomic mass is 9.95. The molecule has 6 heteroatoms. The molecule has 1 aromatic heterocycles. The van der Waals surface area contributed by atoms with E-state index >= 15 is 0 Å². The number of aromatic amines is 1. The van der Waals surface area contributed by atoms with Crippen molar-refractivity contribution in [3.63, 3.8) is 0 Å². The highest BCUT2D eigenvalue weighted by atomic mass is 16.2. The number of carbonyl (C=O) groups is 2. The monoisotopic (exact) mass is 610 g/mol. The lowest BCUT2D eigenvalue weighted by molar-refractivity contribution is -0.117. The maximum atomic E-state index is 12.8. The molecular weight excluding hydrogens is 556 g/mol. The van der Waals surface area contributed by atoms with Gasteiger partial charge in [-0.3, -0.25) is 9.59 Å². The van der Waals surface area contributed by atoms with Crippen LogP contribution in [0.3, 0.4) is 0 Å². The van der Waals surface area contributed by atoms with Gasteiger partial charge in [0.25, 0.3) is 11.8 Å². The van der Waals surface area contributed by atoms with Crippen LogP contribution < -0.4 is 10.6 Å². The average Bonchev–Trinajstić information content (AvgIpc) is 3.71. The average molecular weight is 611 g/mol. The Labute approximate surface area is 271 Å². The predicted molar refractivity (Wildman–Crippen MR) is 189 cm³/mol. The summed E-state index contributed by atoms with van der Waals surface area (Å²) in [5.41, 5.74) is 15.3. The van der Waals surface area contributed by atoms with Gasteiger partial charge in [0, 0.05) is 33.9 Å². The molecule has 0 spiro atoms. The predicted octanol–water partition coefficient (Wildman–Crippen LogP) is 9.33. The molecule has 0 radical (unpaired) electrons. The molecule has 0 unspecified atom stereocenters. The molecular formula is C39H54N4O2. The number of H-pyrrole nitrogens is 1. The topological polar surface area (TPSA) is 86.3 Å². The standard InChI is InChI=1S/C39H54N4O2/c1-9-17-28-24(13-5)32(21-34-26(15-7)31(20-12-4)39(45)42-34)40-35(28)23-36-29(18-10-2)25(14-6)33(41-36)22-37-30(19-11-3)27(16-8)38(44)43-37/h21-23,41H,9-20H2,1-8H3,(H,42,45)(H,43,44)/b34-21-,35-23?,37-22-. The number of hydrogen-bond donors (Lipinski definition) is 3. The number of aliphatic imine (C=N–C) groups is 1. The number of amides is 2. The molecule has 0 bridgehead atoms. The fourth-order valence-corrected chi connectivity index (χ4v) is 7.18. The van der Waals surface area contributed by atoms with E-state index in [1.165, 1.54) is 22.3 Å². The fourth-order valence-electron chi connectivity index (χ4n) is 7.18. The second-order valence-corrected chi connectivity index (χ2v) is 12.2. The summed E-state index contributed by atoms with van der Waals surface area (Å²) in [7, 11) is 0. The van der Waals surface area contributed by atoms with Gasteiger partial charge in [0.1, 0.15) is 0 Å². The van der Waals surface area contributed by atoms with Gasteiger partial charge in [-0.2, -0.15) is 0 Å². The summed E-state index contributed by atoms with van der Waals surface area (Å²) in [6.45, 7) is 17.3. The van der Waals surface area contributed by atoms with E-state index < -0.39 is 0 Å². The lowest BCUT2D eigenvalue weighted by Crippen LogP contribution is -2.17. The first kappa shape index (κ1) is 34.2. The molecule has 0 atom stereocenters. The Morgan fingerprint density at radius 3 is 1.62 bits per heavy atom. The van der Waals surface area contributed by atoms with Gasteiger partial charge in [0.05, 0.1) is 11.4 Å². The molecule has 0 saturated heterocycles. The second kappa shape index (κ2) is 15.6. The van der Waals surface area contributed by atoms with Gasteiger partial charge < -0.3 is 15.6 Å². The van der Waals surface area contributed by atoms with E-state index in [4.69, 9.17) is 4.99 Å². The van der Waals surface area contributed by atoms with E-state index in [0.29, 0.717) is 0 Å². The van der Waals surface area contributed by atoms with Crippen LogP contribution in [0.15, 0.2) is 61.6 Å². The Morgan fingerprint density at radius 2 is 1.04 bits per heavy atom. The number of nitrogens with zero attached hydrogens (tertiary/aromatic N) is 1. The lowest BCUT2D eigenvalue weighted by Gasteiger charge is -2.08. The molecule has 0 aromatic carbocycles. The van der Waals surface area contributed by atoms with Crippen LogP contribution in [-0.2, 0) is 22.4 Å². The Balaban J connectivity index is 1.85. The van der Waals surface area contributed by atoms with Crippen LogP contribution in [0.1, 0.15) is 142 Å². The highest BCUT2D eigenvalue weighted by molar-refractivity contribution is 6.14. The van der Waals surface area contributed by atoms with Gasteiger partial charge in [-0.15, -0.1) is 0 Å². The van der Waals surface area contributed by atoms with E-state index in [9.17, 15) is 9.59 Å². The van der Waals surface area contributed by atoms with Crippen molar-refractivity contribution < 1.29 is 9.59 Å². The van der Waals surface area contributed by atoms with Crippen LogP contribution in [0, 0.1) is 0 Å². The van der Waals surface area contributed by atoms with E-state index in [1.54, 1.807) is 0 Å². The molecule has 242 valence electrons. The molecule has 0 aliphatic carbocycles. The summed E-state index contributed by atoms with van der Waals surface area (Å²) in [5.74, 6) is 0.0774. The normalized spacial score (nSPS) is 19.7. The summed E-state index contributed by atoms with van der Waals surface area (Å²) >= 11 is 0. The minimum atomic E-state index is 0.0379. The highest BCUT2D eigenvalue weighted by Gasteiger charge is 2.29. The maximum Gasteiger partial charge on any atom is 0.251 e. The van der Waals surface area contributed by atoms with E-state index in [-0.39, 0.29) is 11.8 Å². The van der Waals surface area contributed by atoms with Crippen molar-refractivity contribution in [1.82, 2.24) is 15.6 Å². The maximum absolute atomic E-state index is 12.8. The third-order valence-corrected chi connectivity index (χ3v) is 9.20. The third kappa shape index (κ3) is 6.95. The summed E-state index contributed by atoms with van der Waals surface area (Å²) in [6.07, 6.45) is 17.5. The Kier molecular flexibility index (Phi) is 11.8. The van der Waals surface area contributed by atoms with Crippen molar-refractivity contribution in [2.75, 3.05) is 0 Å². The van der Waals surface area contributed by atoms with E-state index in [0.717, 1.165) is 134 Å². The smallest absolute Gasteiger partial charge is 0.251 e. The molecule has 6 nitrogen and oxygen atoms in total. The third-order valence-electron chi connectivity index (χ3n) is 9.20. The van der Waals surface area contributed by atoms with E-state index in [2.05, 4.69) is 89.2 Å². The Morgan fingerprint density at radius 1 is 0.511 bits per heavy atom. The van der Waals surface area contributed by atoms with Gasteiger partial charge in [0.15, 0.2) is 0 Å². The molecule has 45 heavy (non-hydrogen) atoms. The minimum Gasteiger partial charge on any atom is -0.355 e. The number of carbonyl (C=O) groups excluding carboxylic acids is 2. The quantitative estimate of drug-likeness (QED) is 0.185. The number of aromatic nitrogens is 1. The van der Waals surface area contributed by atoms with Crippen LogP contribution in [0.4, 0.5) is 0 Å². The largest absolute Gasteiger partial charge is 0.355 e. The molecule has 4 heterocycles. The van der Waals surface area contributed by atoms with Gasteiger partial charge in [0.2, 0.25) is 0 Å². The molecule has 1 aromatic rings. The van der Waals surface area contributed by atoms with Gasteiger partial charge >= 0.3 is 0 Å². The fraction of sp³-hybridized carbons (Fsp3) is 0.513.